The Hall–Kier alpha value is -5.70. The largest absolute Gasteiger partial charge is 0.508 e. The summed E-state index contributed by atoms with van der Waals surface area (Å²) in [5.74, 6) is 0.851. The molecule has 12 nitrogen and oxygen atoms in total. The highest BCUT2D eigenvalue weighted by Gasteiger charge is 2.69. The number of esters is 2. The third-order valence-corrected chi connectivity index (χ3v) is 21.5. The van der Waals surface area contributed by atoms with Gasteiger partial charge in [0.2, 0.25) is 0 Å². The summed E-state index contributed by atoms with van der Waals surface area (Å²) in [5.41, 5.74) is 11.2. The standard InChI is InChI=1S/C71H87N5O7/c1-43(78)40-76-67-50-19-25-70(39-50,52-23-29-74-62(37-52)72-2)26-21-60-58-18-17-57-56-20-27-71(65(57)64(58)68(80)82-60)61(36-46(24-30-77)31-44-9-4-3-5-10-44)83-69(81)66(71)63(56)59-38-54(79)15-16-55(59)49-12-8-11-47(34-49)41-73-28-22-45-32-48(35-51(67)33-45)42-75-53-13-6-7-14-53/h3-5,8-12,15-16,21,32-36,38,43,46,50,52-53,56-57,62,65,67,72-79H,6-7,13-14,17-20,22-31,37,39-42H2,1-2H3/b60-21+,61-36-/t43-,46+,50-,52+,56+,57-,62-,65+,67-,70-,71+/m0/s1. The lowest BCUT2D eigenvalue weighted by molar-refractivity contribution is -0.135. The molecule has 8 N–H and O–H groups in total. The normalized spacial score (nSPS) is 31.5. The van der Waals surface area contributed by atoms with Gasteiger partial charge in [0.15, 0.2) is 0 Å². The first-order valence-corrected chi connectivity index (χ1v) is 31.8. The van der Waals surface area contributed by atoms with Gasteiger partial charge in [0.25, 0.3) is 0 Å². The molecule has 0 unspecified atom stereocenters. The Bertz CT molecular complexity index is 3210. The van der Waals surface area contributed by atoms with E-state index in [9.17, 15) is 15.3 Å². The summed E-state index contributed by atoms with van der Waals surface area (Å²) in [5, 5.41) is 52.1. The molecule has 438 valence electrons. The number of carbonyl (C=O) groups is 2. The zero-order valence-corrected chi connectivity index (χ0v) is 48.8. The van der Waals surface area contributed by atoms with Crippen LogP contribution >= 0.6 is 0 Å². The van der Waals surface area contributed by atoms with Crippen molar-refractivity contribution in [1.29, 1.82) is 0 Å². The molecule has 5 fully saturated rings. The molecule has 15 rings (SSSR count). The van der Waals surface area contributed by atoms with Crippen molar-refractivity contribution in [2.24, 2.45) is 46.3 Å². The Labute approximate surface area is 491 Å². The van der Waals surface area contributed by atoms with Crippen molar-refractivity contribution in [2.45, 2.75) is 154 Å². The first-order valence-electron chi connectivity index (χ1n) is 31.8. The second-order valence-corrected chi connectivity index (χ2v) is 26.4. The van der Waals surface area contributed by atoms with Gasteiger partial charge in [-0.15, -0.1) is 0 Å². The van der Waals surface area contributed by atoms with Crippen LogP contribution < -0.4 is 26.6 Å². The molecular formula is C71H87N5O7. The predicted octanol–water partition coefficient (Wildman–Crippen LogP) is 10.8. The van der Waals surface area contributed by atoms with E-state index in [2.05, 4.69) is 100 Å². The summed E-state index contributed by atoms with van der Waals surface area (Å²) in [4.78, 5) is 30.6. The maximum atomic E-state index is 15.3. The highest BCUT2D eigenvalue weighted by Crippen LogP contribution is 2.72. The van der Waals surface area contributed by atoms with Gasteiger partial charge in [0.1, 0.15) is 17.3 Å². The molecule has 6 aliphatic carbocycles. The van der Waals surface area contributed by atoms with Gasteiger partial charge in [-0.25, -0.2) is 9.59 Å². The molecule has 3 saturated carbocycles. The average Bonchev–Trinajstić information content (AvgIpc) is 1.67. The van der Waals surface area contributed by atoms with E-state index in [1.54, 1.807) is 6.07 Å². The molecule has 5 heterocycles. The first-order chi connectivity index (χ1) is 40.5. The van der Waals surface area contributed by atoms with Crippen LogP contribution in [0.5, 0.6) is 5.75 Å². The molecule has 83 heavy (non-hydrogen) atoms. The maximum Gasteiger partial charge on any atom is 0.340 e. The first kappa shape index (κ1) is 56.4. The number of benzene rings is 4. The zero-order chi connectivity index (χ0) is 56.8. The van der Waals surface area contributed by atoms with Crippen LogP contribution in [-0.4, -0.2) is 78.9 Å². The lowest BCUT2D eigenvalue weighted by atomic mass is 9.44. The van der Waals surface area contributed by atoms with E-state index < -0.39 is 11.5 Å². The van der Waals surface area contributed by atoms with Crippen molar-refractivity contribution in [3.8, 4) is 16.9 Å². The fourth-order valence-corrected chi connectivity index (χ4v) is 17.7. The molecule has 14 bridgehead atoms. The smallest absolute Gasteiger partial charge is 0.340 e. The zero-order valence-electron chi connectivity index (χ0n) is 48.8. The molecule has 0 radical (unpaired) electrons. The molecular weight excluding hydrogens is 1030 g/mol. The number of aliphatic hydroxyl groups is 2. The Balaban J connectivity index is 0.965. The minimum Gasteiger partial charge on any atom is -0.508 e. The lowest BCUT2D eigenvalue weighted by Gasteiger charge is -2.56. The van der Waals surface area contributed by atoms with Crippen molar-refractivity contribution in [3.05, 3.63) is 165 Å². The topological polar surface area (TPSA) is 173 Å². The van der Waals surface area contributed by atoms with Crippen LogP contribution in [0, 0.1) is 46.3 Å². The van der Waals surface area contributed by atoms with E-state index in [-0.39, 0.29) is 65.6 Å². The molecule has 0 aromatic heterocycles. The van der Waals surface area contributed by atoms with E-state index in [1.165, 1.54) is 42.4 Å². The molecule has 5 aliphatic heterocycles. The van der Waals surface area contributed by atoms with E-state index in [4.69, 9.17) is 9.47 Å². The van der Waals surface area contributed by atoms with Crippen molar-refractivity contribution in [2.75, 3.05) is 33.3 Å². The van der Waals surface area contributed by atoms with Gasteiger partial charge in [0, 0.05) is 55.4 Å². The van der Waals surface area contributed by atoms with Gasteiger partial charge >= 0.3 is 11.9 Å². The number of ether oxygens (including phenoxy) is 2. The Morgan fingerprint density at radius 1 is 0.819 bits per heavy atom. The molecule has 4 aromatic carbocycles. The van der Waals surface area contributed by atoms with Crippen LogP contribution in [0.4, 0.5) is 0 Å². The fourth-order valence-electron chi connectivity index (χ4n) is 17.7. The molecule has 12 heteroatoms. The van der Waals surface area contributed by atoms with E-state index in [0.29, 0.717) is 79.3 Å². The summed E-state index contributed by atoms with van der Waals surface area (Å²) < 4.78 is 13.4. The predicted molar refractivity (Wildman–Crippen MR) is 324 cm³/mol. The van der Waals surface area contributed by atoms with Crippen LogP contribution in [0.25, 0.3) is 16.7 Å². The van der Waals surface area contributed by atoms with Crippen LogP contribution in [0.3, 0.4) is 0 Å². The summed E-state index contributed by atoms with van der Waals surface area (Å²) in [6.07, 6.45) is 20.0. The monoisotopic (exact) mass is 1120 g/mol. The van der Waals surface area contributed by atoms with Crippen LogP contribution in [0.15, 0.2) is 131 Å². The van der Waals surface area contributed by atoms with Crippen molar-refractivity contribution >= 4 is 17.5 Å². The molecule has 2 saturated heterocycles. The second-order valence-electron chi connectivity index (χ2n) is 26.4. The van der Waals surface area contributed by atoms with Crippen LogP contribution in [0.2, 0.25) is 0 Å². The number of aliphatic hydroxyl groups excluding tert-OH is 2. The number of aromatic hydroxyl groups is 1. The lowest BCUT2D eigenvalue weighted by Crippen LogP contribution is -2.52. The van der Waals surface area contributed by atoms with Gasteiger partial charge in [-0.2, -0.15) is 0 Å². The van der Waals surface area contributed by atoms with Gasteiger partial charge in [0.05, 0.1) is 23.3 Å². The summed E-state index contributed by atoms with van der Waals surface area (Å²) >= 11 is 0. The quantitative estimate of drug-likeness (QED) is 0.0597. The highest BCUT2D eigenvalue weighted by atomic mass is 16.6. The van der Waals surface area contributed by atoms with E-state index >= 15 is 9.59 Å². The van der Waals surface area contributed by atoms with Gasteiger partial charge in [-0.3, -0.25) is 0 Å². The highest BCUT2D eigenvalue weighted by molar-refractivity contribution is 6.07. The van der Waals surface area contributed by atoms with Gasteiger partial charge < -0.3 is 51.4 Å². The van der Waals surface area contributed by atoms with Crippen LogP contribution in [0.1, 0.15) is 143 Å². The van der Waals surface area contributed by atoms with E-state index in [1.807, 2.05) is 37.3 Å². The average molecular weight is 1120 g/mol. The Morgan fingerprint density at radius 3 is 2.52 bits per heavy atom. The number of hydrogen-bond acceptors (Lipinski definition) is 12. The maximum absolute atomic E-state index is 15.3. The Kier molecular flexibility index (Phi) is 16.3. The summed E-state index contributed by atoms with van der Waals surface area (Å²) in [6.45, 7) is 5.56. The minimum absolute atomic E-state index is 0.00483. The number of fused-ring (bicyclic) bond motifs is 5. The number of allylic oxidation sites excluding steroid dienone is 5. The number of hydrogen-bond donors (Lipinski definition) is 8. The van der Waals surface area contributed by atoms with Crippen LogP contribution in [-0.2, 0) is 45.0 Å². The summed E-state index contributed by atoms with van der Waals surface area (Å²) in [7, 11) is 2.06. The number of phenolic OH excluding ortho intramolecular Hbond substituents is 1. The third kappa shape index (κ3) is 10.9. The number of rotatable bonds is 13. The number of nitrogens with one attached hydrogen (secondary N) is 5. The van der Waals surface area contributed by atoms with Gasteiger partial charge in [-0.05, 0) is 239 Å². The molecule has 4 aromatic rings. The fraction of sp³-hybridized carbons (Fsp3) is 0.521. The number of phenols is 1. The second kappa shape index (κ2) is 24.0. The van der Waals surface area contributed by atoms with Gasteiger partial charge in [-0.1, -0.05) is 85.6 Å². The molecule has 11 aliphatic rings. The van der Waals surface area contributed by atoms with Crippen molar-refractivity contribution < 1.29 is 34.4 Å². The molecule has 11 atom stereocenters. The summed E-state index contributed by atoms with van der Waals surface area (Å²) in [6, 6.07) is 32.4. The number of piperidine rings is 1. The number of cyclic esters (lactones) is 1. The third-order valence-electron chi connectivity index (χ3n) is 21.5. The minimum atomic E-state index is -0.971. The van der Waals surface area contributed by atoms with Crippen molar-refractivity contribution in [1.82, 2.24) is 26.6 Å². The molecule has 0 amide bonds. The van der Waals surface area contributed by atoms with Crippen molar-refractivity contribution in [3.63, 3.8) is 0 Å². The number of carbonyl (C=O) groups excluding carboxylic acids is 2. The van der Waals surface area contributed by atoms with E-state index in [0.717, 1.165) is 116 Å². The Morgan fingerprint density at radius 2 is 1.69 bits per heavy atom. The molecule has 1 spiro atoms. The SMILES string of the molecule is CN[C@@H]1C[C@H]([C@]23C/C=C4/OC(=O)C5=C4CC[C@H]4[C@H]6CC[C@]7(C(=C6c6cc(O)ccc6-c6cccc(c6)CNCCc6cc(CNC8CCCC8)cc(c6)[C@@H](NC[C@H](C)O)[C@@H](CC2)C3)C(=O)O/C7=C\[C@H](CCO)Cc2ccccc2)[C@@H]54)CCN1.